The molecule has 0 aromatic heterocycles. The van der Waals surface area contributed by atoms with Gasteiger partial charge in [0.1, 0.15) is 15.7 Å². The van der Waals surface area contributed by atoms with Crippen molar-refractivity contribution in [3.63, 3.8) is 0 Å². The molecule has 0 spiro atoms. The first-order chi connectivity index (χ1) is 9.85. The third-order valence-corrected chi connectivity index (χ3v) is 5.36. The Labute approximate surface area is 127 Å². The highest BCUT2D eigenvalue weighted by molar-refractivity contribution is 7.91. The normalized spacial score (nSPS) is 13.6. The van der Waals surface area contributed by atoms with Gasteiger partial charge in [-0.1, -0.05) is 39.0 Å². The zero-order valence-corrected chi connectivity index (χ0v) is 13.9. The van der Waals surface area contributed by atoms with Crippen LogP contribution in [0, 0.1) is 5.82 Å². The van der Waals surface area contributed by atoms with Crippen LogP contribution >= 0.6 is 0 Å². The van der Waals surface area contributed by atoms with Crippen LogP contribution in [-0.2, 0) is 9.84 Å². The van der Waals surface area contributed by atoms with Gasteiger partial charge in [-0.3, -0.25) is 0 Å². The summed E-state index contributed by atoms with van der Waals surface area (Å²) in [5, 5.41) is 3.32. The molecule has 0 saturated carbocycles. The van der Waals surface area contributed by atoms with E-state index < -0.39 is 9.84 Å². The van der Waals surface area contributed by atoms with Gasteiger partial charge >= 0.3 is 0 Å². The summed E-state index contributed by atoms with van der Waals surface area (Å²) >= 11 is 0. The highest BCUT2D eigenvalue weighted by atomic mass is 32.2. The van der Waals surface area contributed by atoms with Gasteiger partial charge in [0.05, 0.1) is 5.75 Å². The van der Waals surface area contributed by atoms with Gasteiger partial charge < -0.3 is 5.32 Å². The van der Waals surface area contributed by atoms with Crippen LogP contribution in [0.1, 0.15) is 45.1 Å². The predicted molar refractivity (Wildman–Crippen MR) is 85.8 cm³/mol. The Morgan fingerprint density at radius 1 is 1.24 bits per heavy atom. The van der Waals surface area contributed by atoms with Gasteiger partial charge in [-0.25, -0.2) is 12.8 Å². The number of rotatable bonds is 9. The standard InChI is InChI=1S/C16H26FNO2S/c1-4-21(19,20)11-7-8-14(12-18-13(2)3)15-9-5-6-10-16(15)17/h5-6,9-10,13-14,18H,4,7-8,11-12H2,1-3H3. The molecule has 0 heterocycles. The fourth-order valence-electron chi connectivity index (χ4n) is 2.25. The third kappa shape index (κ3) is 6.57. The number of benzene rings is 1. The van der Waals surface area contributed by atoms with Crippen molar-refractivity contribution in [2.24, 2.45) is 0 Å². The van der Waals surface area contributed by atoms with Gasteiger partial charge in [0.25, 0.3) is 0 Å². The van der Waals surface area contributed by atoms with E-state index in [1.54, 1.807) is 19.1 Å². The van der Waals surface area contributed by atoms with E-state index in [2.05, 4.69) is 5.32 Å². The number of hydrogen-bond acceptors (Lipinski definition) is 3. The van der Waals surface area contributed by atoms with Crippen molar-refractivity contribution in [3.8, 4) is 0 Å². The minimum Gasteiger partial charge on any atom is -0.314 e. The Balaban J connectivity index is 2.72. The second kappa shape index (κ2) is 8.49. The lowest BCUT2D eigenvalue weighted by Crippen LogP contribution is -2.28. The van der Waals surface area contributed by atoms with Gasteiger partial charge in [-0.05, 0) is 30.4 Å². The van der Waals surface area contributed by atoms with Crippen molar-refractivity contribution >= 4 is 9.84 Å². The van der Waals surface area contributed by atoms with E-state index in [1.165, 1.54) is 6.07 Å². The summed E-state index contributed by atoms with van der Waals surface area (Å²) in [6.07, 6.45) is 1.23. The van der Waals surface area contributed by atoms with Gasteiger partial charge in [-0.15, -0.1) is 0 Å². The maximum atomic E-state index is 13.9. The van der Waals surface area contributed by atoms with Crippen LogP contribution in [0.3, 0.4) is 0 Å². The Morgan fingerprint density at radius 3 is 2.48 bits per heavy atom. The van der Waals surface area contributed by atoms with Crippen molar-refractivity contribution in [1.82, 2.24) is 5.32 Å². The lowest BCUT2D eigenvalue weighted by Gasteiger charge is -2.20. The molecule has 1 unspecified atom stereocenters. The number of hydrogen-bond donors (Lipinski definition) is 1. The SMILES string of the molecule is CCS(=O)(=O)CCCC(CNC(C)C)c1ccccc1F. The average molecular weight is 315 g/mol. The van der Waals surface area contributed by atoms with Crippen molar-refractivity contribution in [3.05, 3.63) is 35.6 Å². The number of sulfone groups is 1. The number of halogens is 1. The van der Waals surface area contributed by atoms with E-state index in [9.17, 15) is 12.8 Å². The van der Waals surface area contributed by atoms with E-state index in [1.807, 2.05) is 19.9 Å². The van der Waals surface area contributed by atoms with Crippen LogP contribution in [0.25, 0.3) is 0 Å². The van der Waals surface area contributed by atoms with Crippen molar-refractivity contribution in [2.45, 2.75) is 45.6 Å². The lowest BCUT2D eigenvalue weighted by atomic mass is 9.93. The average Bonchev–Trinajstić information content (AvgIpc) is 2.43. The summed E-state index contributed by atoms with van der Waals surface area (Å²) in [4.78, 5) is 0. The molecule has 0 aliphatic heterocycles. The Morgan fingerprint density at radius 2 is 1.90 bits per heavy atom. The smallest absolute Gasteiger partial charge is 0.150 e. The van der Waals surface area contributed by atoms with Crippen LogP contribution in [-0.4, -0.2) is 32.5 Å². The predicted octanol–water partition coefficient (Wildman–Crippen LogP) is 3.12. The summed E-state index contributed by atoms with van der Waals surface area (Å²) in [5.74, 6) is 0.129. The molecule has 1 rings (SSSR count). The molecule has 1 aromatic carbocycles. The second-order valence-electron chi connectivity index (χ2n) is 5.66. The van der Waals surface area contributed by atoms with Gasteiger partial charge in [0, 0.05) is 18.3 Å². The first-order valence-corrected chi connectivity index (χ1v) is 9.36. The minimum atomic E-state index is -2.95. The zero-order chi connectivity index (χ0) is 15.9. The molecule has 21 heavy (non-hydrogen) atoms. The Bertz CT molecular complexity index is 529. The summed E-state index contributed by atoms with van der Waals surface area (Å²) in [7, 11) is -2.95. The largest absolute Gasteiger partial charge is 0.314 e. The molecule has 0 fully saturated rings. The van der Waals surface area contributed by atoms with E-state index in [0.29, 0.717) is 31.0 Å². The van der Waals surface area contributed by atoms with E-state index in [-0.39, 0.29) is 23.2 Å². The Hall–Kier alpha value is -0.940. The fraction of sp³-hybridized carbons (Fsp3) is 0.625. The highest BCUT2D eigenvalue weighted by Gasteiger charge is 2.17. The molecule has 3 nitrogen and oxygen atoms in total. The quantitative estimate of drug-likeness (QED) is 0.761. The lowest BCUT2D eigenvalue weighted by molar-refractivity contribution is 0.484. The summed E-state index contributed by atoms with van der Waals surface area (Å²) in [5.41, 5.74) is 0.666. The van der Waals surface area contributed by atoms with Crippen LogP contribution in [0.2, 0.25) is 0 Å². The summed E-state index contributed by atoms with van der Waals surface area (Å²) in [6.45, 7) is 6.40. The highest BCUT2D eigenvalue weighted by Crippen LogP contribution is 2.24. The van der Waals surface area contributed by atoms with Crippen molar-refractivity contribution in [1.29, 1.82) is 0 Å². The van der Waals surface area contributed by atoms with E-state index in [0.717, 1.165) is 0 Å². The topological polar surface area (TPSA) is 46.2 Å². The van der Waals surface area contributed by atoms with Crippen LogP contribution in [0.15, 0.2) is 24.3 Å². The first-order valence-electron chi connectivity index (χ1n) is 7.54. The molecule has 0 aliphatic carbocycles. The molecule has 1 atom stereocenters. The molecule has 0 amide bonds. The van der Waals surface area contributed by atoms with Crippen LogP contribution < -0.4 is 5.32 Å². The van der Waals surface area contributed by atoms with Crippen molar-refractivity contribution < 1.29 is 12.8 Å². The van der Waals surface area contributed by atoms with E-state index in [4.69, 9.17) is 0 Å². The molecule has 0 radical (unpaired) electrons. The van der Waals surface area contributed by atoms with E-state index >= 15 is 0 Å². The molecule has 5 heteroatoms. The molecule has 1 aromatic rings. The minimum absolute atomic E-state index is 0.000608. The fourth-order valence-corrected chi connectivity index (χ4v) is 3.14. The van der Waals surface area contributed by atoms with Gasteiger partial charge in [-0.2, -0.15) is 0 Å². The second-order valence-corrected chi connectivity index (χ2v) is 8.13. The molecule has 1 N–H and O–H groups in total. The monoisotopic (exact) mass is 315 g/mol. The summed E-state index contributed by atoms with van der Waals surface area (Å²) in [6, 6.07) is 7.06. The first kappa shape index (κ1) is 18.1. The van der Waals surface area contributed by atoms with Crippen LogP contribution in [0.4, 0.5) is 4.39 Å². The molecular weight excluding hydrogens is 289 g/mol. The molecule has 120 valence electrons. The van der Waals surface area contributed by atoms with Gasteiger partial charge in [0.15, 0.2) is 0 Å². The van der Waals surface area contributed by atoms with Crippen molar-refractivity contribution in [2.75, 3.05) is 18.1 Å². The molecule has 0 saturated heterocycles. The van der Waals surface area contributed by atoms with Crippen LogP contribution in [0.5, 0.6) is 0 Å². The summed E-state index contributed by atoms with van der Waals surface area (Å²) < 4.78 is 37.1. The Kier molecular flexibility index (Phi) is 7.32. The maximum Gasteiger partial charge on any atom is 0.150 e. The molecular formula is C16H26FNO2S. The molecule has 0 bridgehead atoms. The zero-order valence-electron chi connectivity index (χ0n) is 13.1. The number of nitrogens with one attached hydrogen (secondary N) is 1. The maximum absolute atomic E-state index is 13.9. The third-order valence-electron chi connectivity index (χ3n) is 3.57. The van der Waals surface area contributed by atoms with Gasteiger partial charge in [0.2, 0.25) is 0 Å². The molecule has 0 aliphatic rings.